The molecule has 2 rings (SSSR count). The summed E-state index contributed by atoms with van der Waals surface area (Å²) < 4.78 is 0. The molecule has 0 N–H and O–H groups in total. The van der Waals surface area contributed by atoms with Crippen LogP contribution in [0.15, 0.2) is 23.9 Å². The highest BCUT2D eigenvalue weighted by molar-refractivity contribution is 7.13. The Kier molecular flexibility index (Phi) is 2.15. The van der Waals surface area contributed by atoms with Crippen molar-refractivity contribution in [3.63, 3.8) is 0 Å². The van der Waals surface area contributed by atoms with Gasteiger partial charge < -0.3 is 9.69 Å². The van der Waals surface area contributed by atoms with E-state index in [1.54, 1.807) is 17.5 Å². The summed E-state index contributed by atoms with van der Waals surface area (Å²) >= 11 is 1.58. The number of hydrogen-bond acceptors (Lipinski definition) is 4. The van der Waals surface area contributed by atoms with E-state index in [0.717, 1.165) is 11.4 Å². The third-order valence-corrected chi connectivity index (χ3v) is 3.59. The van der Waals surface area contributed by atoms with Gasteiger partial charge in [0.05, 0.1) is 5.41 Å². The third-order valence-electron chi connectivity index (χ3n) is 2.81. The maximum absolute atomic E-state index is 11.0. The number of rotatable bonds is 2. The fourth-order valence-electron chi connectivity index (χ4n) is 1.52. The molecule has 0 amide bonds. The second-order valence-electron chi connectivity index (χ2n) is 3.70. The molecular formula is C10H12N2OS. The Bertz CT molecular complexity index is 360. The van der Waals surface area contributed by atoms with Gasteiger partial charge in [0.2, 0.25) is 0 Å². The first-order chi connectivity index (χ1) is 6.67. The number of carbonyl (C=O) groups is 1. The van der Waals surface area contributed by atoms with Crippen LogP contribution < -0.4 is 4.90 Å². The summed E-state index contributed by atoms with van der Waals surface area (Å²) in [5.74, 6) is 0. The molecule has 0 radical (unpaired) electrons. The highest BCUT2D eigenvalue weighted by atomic mass is 32.1. The minimum Gasteiger partial charge on any atom is -0.321 e. The van der Waals surface area contributed by atoms with Crippen molar-refractivity contribution in [2.45, 2.75) is 19.9 Å². The average Bonchev–Trinajstić information content (AvgIpc) is 2.78. The Labute approximate surface area is 87.1 Å². The molecule has 0 bridgehead atoms. The largest absolute Gasteiger partial charge is 0.321 e. The van der Waals surface area contributed by atoms with E-state index in [-0.39, 0.29) is 11.5 Å². The highest BCUT2D eigenvalue weighted by Crippen LogP contribution is 2.35. The van der Waals surface area contributed by atoms with Crippen LogP contribution in [-0.2, 0) is 4.79 Å². The zero-order valence-electron chi connectivity index (χ0n) is 8.18. The first-order valence-electron chi connectivity index (χ1n) is 4.51. The quantitative estimate of drug-likeness (QED) is 0.698. The summed E-state index contributed by atoms with van der Waals surface area (Å²) in [7, 11) is 0. The molecule has 2 unspecified atom stereocenters. The topological polar surface area (TPSA) is 33.2 Å². The molecule has 0 aliphatic carbocycles. The van der Waals surface area contributed by atoms with Crippen molar-refractivity contribution >= 4 is 22.8 Å². The van der Waals surface area contributed by atoms with Crippen LogP contribution in [0.5, 0.6) is 0 Å². The standard InChI is InChI=1S/C10H12N2OS/c1-8-10(2,7-13)3-5-12(8)9-11-4-6-14-9/h3-8H,1-2H3. The second-order valence-corrected chi connectivity index (χ2v) is 4.57. The fraction of sp³-hybridized carbons (Fsp3) is 0.400. The van der Waals surface area contributed by atoms with Gasteiger partial charge in [0.15, 0.2) is 5.13 Å². The minimum atomic E-state index is -0.383. The van der Waals surface area contributed by atoms with Gasteiger partial charge >= 0.3 is 0 Å². The van der Waals surface area contributed by atoms with E-state index in [9.17, 15) is 4.79 Å². The molecule has 1 aromatic heterocycles. The van der Waals surface area contributed by atoms with Gasteiger partial charge in [-0.15, -0.1) is 11.3 Å². The highest BCUT2D eigenvalue weighted by Gasteiger charge is 2.37. The van der Waals surface area contributed by atoms with Gasteiger partial charge in [0.25, 0.3) is 0 Å². The molecule has 1 aromatic rings. The van der Waals surface area contributed by atoms with Crippen molar-refractivity contribution < 1.29 is 4.79 Å². The van der Waals surface area contributed by atoms with Crippen molar-refractivity contribution in [1.29, 1.82) is 0 Å². The van der Waals surface area contributed by atoms with E-state index in [4.69, 9.17) is 0 Å². The molecule has 0 fully saturated rings. The van der Waals surface area contributed by atoms with Crippen LogP contribution in [0.25, 0.3) is 0 Å². The smallest absolute Gasteiger partial charge is 0.189 e. The summed E-state index contributed by atoms with van der Waals surface area (Å²) in [5, 5.41) is 2.88. The van der Waals surface area contributed by atoms with Crippen LogP contribution in [0, 0.1) is 5.41 Å². The summed E-state index contributed by atoms with van der Waals surface area (Å²) in [4.78, 5) is 17.2. The predicted octanol–water partition coefficient (Wildman–Crippen LogP) is 2.07. The van der Waals surface area contributed by atoms with E-state index in [1.807, 2.05) is 36.4 Å². The molecule has 74 valence electrons. The lowest BCUT2D eigenvalue weighted by molar-refractivity contribution is -0.113. The van der Waals surface area contributed by atoms with Gasteiger partial charge in [0, 0.05) is 23.8 Å². The normalized spacial score (nSPS) is 31.0. The average molecular weight is 208 g/mol. The zero-order chi connectivity index (χ0) is 10.2. The molecule has 3 nitrogen and oxygen atoms in total. The van der Waals surface area contributed by atoms with Crippen LogP contribution in [0.2, 0.25) is 0 Å². The lowest BCUT2D eigenvalue weighted by atomic mass is 9.87. The minimum absolute atomic E-state index is 0.145. The number of carbonyl (C=O) groups excluding carboxylic acids is 1. The molecular weight excluding hydrogens is 196 g/mol. The molecule has 2 heterocycles. The van der Waals surface area contributed by atoms with Crippen LogP contribution in [0.1, 0.15) is 13.8 Å². The number of anilines is 1. The van der Waals surface area contributed by atoms with E-state index in [1.165, 1.54) is 0 Å². The summed E-state index contributed by atoms with van der Waals surface area (Å²) in [5.41, 5.74) is -0.383. The molecule has 4 heteroatoms. The molecule has 1 aliphatic rings. The molecule has 14 heavy (non-hydrogen) atoms. The summed E-state index contributed by atoms with van der Waals surface area (Å²) in [6.45, 7) is 3.98. The summed E-state index contributed by atoms with van der Waals surface area (Å²) in [6.07, 6.45) is 6.66. The SMILES string of the molecule is CC1N(c2nccs2)C=CC1(C)C=O. The number of hydrogen-bond donors (Lipinski definition) is 0. The monoisotopic (exact) mass is 208 g/mol. The van der Waals surface area contributed by atoms with Crippen LogP contribution in [0.4, 0.5) is 5.13 Å². The third kappa shape index (κ3) is 1.26. The first-order valence-corrected chi connectivity index (χ1v) is 5.39. The number of thiazole rings is 1. The second kappa shape index (κ2) is 3.20. The van der Waals surface area contributed by atoms with Gasteiger partial charge in [-0.3, -0.25) is 0 Å². The van der Waals surface area contributed by atoms with Gasteiger partial charge in [-0.2, -0.15) is 0 Å². The zero-order valence-corrected chi connectivity index (χ0v) is 8.99. The Morgan fingerprint density at radius 3 is 3.00 bits per heavy atom. The van der Waals surface area contributed by atoms with Crippen molar-refractivity contribution in [2.24, 2.45) is 5.41 Å². The fourth-order valence-corrected chi connectivity index (χ4v) is 2.23. The van der Waals surface area contributed by atoms with E-state index in [2.05, 4.69) is 4.98 Å². The van der Waals surface area contributed by atoms with E-state index >= 15 is 0 Å². The summed E-state index contributed by atoms with van der Waals surface area (Å²) in [6, 6.07) is 0.145. The molecule has 2 atom stereocenters. The first kappa shape index (κ1) is 9.40. The van der Waals surface area contributed by atoms with Crippen molar-refractivity contribution in [3.8, 4) is 0 Å². The molecule has 0 aromatic carbocycles. The van der Waals surface area contributed by atoms with Gasteiger partial charge in [-0.05, 0) is 13.8 Å². The molecule has 0 spiro atoms. The maximum Gasteiger partial charge on any atom is 0.189 e. The van der Waals surface area contributed by atoms with Crippen LogP contribution in [0.3, 0.4) is 0 Å². The lowest BCUT2D eigenvalue weighted by Gasteiger charge is -2.27. The molecule has 0 saturated carbocycles. The van der Waals surface area contributed by atoms with Crippen molar-refractivity contribution in [1.82, 2.24) is 4.98 Å². The Morgan fingerprint density at radius 2 is 2.50 bits per heavy atom. The molecule has 1 aliphatic heterocycles. The number of aldehydes is 1. The van der Waals surface area contributed by atoms with E-state index < -0.39 is 0 Å². The van der Waals surface area contributed by atoms with E-state index in [0.29, 0.717) is 0 Å². The van der Waals surface area contributed by atoms with Gasteiger partial charge in [0.1, 0.15) is 6.29 Å². The lowest BCUT2D eigenvalue weighted by Crippen LogP contribution is -2.36. The maximum atomic E-state index is 11.0. The van der Waals surface area contributed by atoms with Gasteiger partial charge in [-0.25, -0.2) is 4.98 Å². The van der Waals surface area contributed by atoms with Crippen LogP contribution >= 0.6 is 11.3 Å². The van der Waals surface area contributed by atoms with Crippen molar-refractivity contribution in [2.75, 3.05) is 4.90 Å². The Morgan fingerprint density at radius 1 is 1.71 bits per heavy atom. The molecule has 0 saturated heterocycles. The number of aromatic nitrogens is 1. The Hall–Kier alpha value is -1.16. The Balaban J connectivity index is 2.28. The van der Waals surface area contributed by atoms with Crippen molar-refractivity contribution in [3.05, 3.63) is 23.9 Å². The van der Waals surface area contributed by atoms with Crippen LogP contribution in [-0.4, -0.2) is 17.3 Å². The number of nitrogens with zero attached hydrogens (tertiary/aromatic N) is 2. The predicted molar refractivity (Wildman–Crippen MR) is 57.4 cm³/mol. The van der Waals surface area contributed by atoms with Gasteiger partial charge in [-0.1, -0.05) is 6.08 Å².